The lowest BCUT2D eigenvalue weighted by atomic mass is 10.1. The fourth-order valence-corrected chi connectivity index (χ4v) is 2.93. The number of unbranched alkanes of at least 4 members (excludes halogenated alkanes) is 1. The van der Waals surface area contributed by atoms with E-state index in [0.717, 1.165) is 6.42 Å². The van der Waals surface area contributed by atoms with Gasteiger partial charge in [-0.05, 0) is 26.2 Å². The molecule has 6 heteroatoms. The van der Waals surface area contributed by atoms with Crippen LogP contribution in [-0.4, -0.2) is 30.3 Å². The molecule has 0 unspecified atom stereocenters. The molecular weight excluding hydrogens is 230 g/mol. The van der Waals surface area contributed by atoms with Crippen molar-refractivity contribution in [1.82, 2.24) is 4.72 Å². The molecule has 1 atom stereocenters. The van der Waals surface area contributed by atoms with Gasteiger partial charge in [0, 0.05) is 0 Å². The summed E-state index contributed by atoms with van der Waals surface area (Å²) in [7, 11) is -3.49. The van der Waals surface area contributed by atoms with Gasteiger partial charge < -0.3 is 5.11 Å². The van der Waals surface area contributed by atoms with Crippen LogP contribution in [0.1, 0.15) is 46.0 Å². The molecule has 0 heterocycles. The highest BCUT2D eigenvalue weighted by Gasteiger charge is 2.51. The van der Waals surface area contributed by atoms with Gasteiger partial charge in [-0.1, -0.05) is 19.8 Å². The van der Waals surface area contributed by atoms with Gasteiger partial charge in [0.2, 0.25) is 10.0 Å². The van der Waals surface area contributed by atoms with Gasteiger partial charge in [-0.25, -0.2) is 13.1 Å². The largest absolute Gasteiger partial charge is 0.480 e. The van der Waals surface area contributed by atoms with Crippen LogP contribution < -0.4 is 4.72 Å². The lowest BCUT2D eigenvalue weighted by Crippen LogP contribution is -2.45. The second-order valence-electron chi connectivity index (χ2n) is 4.60. The minimum atomic E-state index is -3.49. The third kappa shape index (κ3) is 2.95. The van der Waals surface area contributed by atoms with Crippen molar-refractivity contribution < 1.29 is 18.3 Å². The molecule has 1 aliphatic rings. The van der Waals surface area contributed by atoms with Crippen LogP contribution >= 0.6 is 0 Å². The van der Waals surface area contributed by atoms with Crippen LogP contribution in [0.15, 0.2) is 0 Å². The predicted octanol–water partition coefficient (Wildman–Crippen LogP) is 1.10. The Bertz CT molecular complexity index is 359. The Kier molecular flexibility index (Phi) is 3.96. The van der Waals surface area contributed by atoms with E-state index < -0.39 is 26.8 Å². The van der Waals surface area contributed by atoms with E-state index in [1.807, 2.05) is 6.92 Å². The Hall–Kier alpha value is -0.620. The number of hydrogen-bond acceptors (Lipinski definition) is 3. The molecule has 0 aromatic rings. The predicted molar refractivity (Wildman–Crippen MR) is 60.6 cm³/mol. The number of hydrogen-bond donors (Lipinski definition) is 2. The number of aliphatic carboxylic acids is 1. The van der Waals surface area contributed by atoms with E-state index in [1.54, 1.807) is 6.92 Å². The maximum absolute atomic E-state index is 11.8. The molecule has 1 saturated carbocycles. The minimum absolute atomic E-state index is 0.348. The molecule has 94 valence electrons. The van der Waals surface area contributed by atoms with Crippen molar-refractivity contribution in [3.8, 4) is 0 Å². The van der Waals surface area contributed by atoms with Crippen molar-refractivity contribution in [2.45, 2.75) is 56.7 Å². The number of sulfonamides is 1. The average molecular weight is 249 g/mol. The first-order valence-electron chi connectivity index (χ1n) is 5.57. The van der Waals surface area contributed by atoms with E-state index >= 15 is 0 Å². The summed E-state index contributed by atoms with van der Waals surface area (Å²) in [5.41, 5.74) is 0. The van der Waals surface area contributed by atoms with Crippen molar-refractivity contribution in [1.29, 1.82) is 0 Å². The van der Waals surface area contributed by atoms with Crippen LogP contribution in [0.5, 0.6) is 0 Å². The zero-order valence-electron chi connectivity index (χ0n) is 9.69. The fraction of sp³-hybridized carbons (Fsp3) is 0.900. The number of carbonyl (C=O) groups is 1. The first kappa shape index (κ1) is 13.4. The highest BCUT2D eigenvalue weighted by molar-refractivity contribution is 7.91. The van der Waals surface area contributed by atoms with Gasteiger partial charge in [-0.2, -0.15) is 0 Å². The van der Waals surface area contributed by atoms with E-state index in [9.17, 15) is 13.2 Å². The molecule has 0 radical (unpaired) electrons. The summed E-state index contributed by atoms with van der Waals surface area (Å²) in [6, 6.07) is -0.984. The molecule has 1 fully saturated rings. The van der Waals surface area contributed by atoms with Gasteiger partial charge in [0.1, 0.15) is 6.04 Å². The van der Waals surface area contributed by atoms with E-state index in [4.69, 9.17) is 5.11 Å². The summed E-state index contributed by atoms with van der Waals surface area (Å²) in [5, 5.41) is 8.92. The van der Waals surface area contributed by atoms with Crippen LogP contribution in [0.25, 0.3) is 0 Å². The third-order valence-electron chi connectivity index (χ3n) is 3.04. The highest BCUT2D eigenvalue weighted by Crippen LogP contribution is 2.42. The molecule has 1 aliphatic carbocycles. The standard InChI is InChI=1S/C10H19NO4S/c1-3-4-5-8(9(12)13)11-16(14,15)10(2)6-7-10/h8,11H,3-7H2,1-2H3,(H,12,13)/t8-/m0/s1. The van der Waals surface area contributed by atoms with Gasteiger partial charge in [-0.3, -0.25) is 4.79 Å². The summed E-state index contributed by atoms with van der Waals surface area (Å²) >= 11 is 0. The molecule has 5 nitrogen and oxygen atoms in total. The van der Waals surface area contributed by atoms with Crippen molar-refractivity contribution in [3.63, 3.8) is 0 Å². The molecule has 0 bridgehead atoms. The first-order chi connectivity index (χ1) is 7.32. The highest BCUT2D eigenvalue weighted by atomic mass is 32.2. The number of carboxylic acids is 1. The molecule has 0 aliphatic heterocycles. The topological polar surface area (TPSA) is 83.5 Å². The van der Waals surface area contributed by atoms with Crippen LogP contribution in [-0.2, 0) is 14.8 Å². The summed E-state index contributed by atoms with van der Waals surface area (Å²) in [5.74, 6) is -1.10. The zero-order valence-corrected chi connectivity index (χ0v) is 10.5. The van der Waals surface area contributed by atoms with Gasteiger partial charge in [0.25, 0.3) is 0 Å². The van der Waals surface area contributed by atoms with E-state index in [2.05, 4.69) is 4.72 Å². The fourth-order valence-electron chi connectivity index (χ4n) is 1.42. The summed E-state index contributed by atoms with van der Waals surface area (Å²) in [4.78, 5) is 10.9. The van der Waals surface area contributed by atoms with Crippen molar-refractivity contribution in [2.75, 3.05) is 0 Å². The molecule has 0 aromatic heterocycles. The summed E-state index contributed by atoms with van der Waals surface area (Å²) < 4.78 is 25.2. The Morgan fingerprint density at radius 1 is 1.50 bits per heavy atom. The second-order valence-corrected chi connectivity index (χ2v) is 6.83. The molecular formula is C10H19NO4S. The van der Waals surface area contributed by atoms with Gasteiger partial charge in [0.15, 0.2) is 0 Å². The molecule has 0 amide bonds. The normalized spacial score (nSPS) is 20.4. The van der Waals surface area contributed by atoms with E-state index in [-0.39, 0.29) is 0 Å². The molecule has 16 heavy (non-hydrogen) atoms. The minimum Gasteiger partial charge on any atom is -0.480 e. The van der Waals surface area contributed by atoms with Crippen molar-refractivity contribution in [3.05, 3.63) is 0 Å². The maximum Gasteiger partial charge on any atom is 0.321 e. The van der Waals surface area contributed by atoms with Crippen LogP contribution in [0.2, 0.25) is 0 Å². The summed E-state index contributed by atoms with van der Waals surface area (Å²) in [6.07, 6.45) is 3.13. The lowest BCUT2D eigenvalue weighted by Gasteiger charge is -2.17. The molecule has 0 spiro atoms. The van der Waals surface area contributed by atoms with Gasteiger partial charge in [-0.15, -0.1) is 0 Å². The summed E-state index contributed by atoms with van der Waals surface area (Å²) in [6.45, 7) is 3.59. The number of carboxylic acid groups (broad SMARTS) is 1. The zero-order chi connectivity index (χ0) is 12.4. The van der Waals surface area contributed by atoms with Crippen molar-refractivity contribution >= 4 is 16.0 Å². The average Bonchev–Trinajstić information content (AvgIpc) is 2.92. The van der Waals surface area contributed by atoms with E-state index in [1.165, 1.54) is 0 Å². The van der Waals surface area contributed by atoms with Crippen LogP contribution in [0.4, 0.5) is 0 Å². The quantitative estimate of drug-likeness (QED) is 0.707. The van der Waals surface area contributed by atoms with Gasteiger partial charge in [0.05, 0.1) is 4.75 Å². The Morgan fingerprint density at radius 3 is 2.44 bits per heavy atom. The van der Waals surface area contributed by atoms with Crippen molar-refractivity contribution in [2.24, 2.45) is 0 Å². The molecule has 2 N–H and O–H groups in total. The first-order valence-corrected chi connectivity index (χ1v) is 7.05. The van der Waals surface area contributed by atoms with E-state index in [0.29, 0.717) is 25.7 Å². The molecule has 0 saturated heterocycles. The Morgan fingerprint density at radius 2 is 2.06 bits per heavy atom. The maximum atomic E-state index is 11.8. The lowest BCUT2D eigenvalue weighted by molar-refractivity contribution is -0.139. The third-order valence-corrected chi connectivity index (χ3v) is 5.35. The monoisotopic (exact) mass is 249 g/mol. The van der Waals surface area contributed by atoms with Crippen LogP contribution in [0, 0.1) is 0 Å². The Balaban J connectivity index is 2.64. The second kappa shape index (κ2) is 4.71. The molecule has 0 aromatic carbocycles. The SMILES string of the molecule is CCCC[C@H](NS(=O)(=O)C1(C)CC1)C(=O)O. The Labute approximate surface area is 96.3 Å². The molecule has 1 rings (SSSR count). The van der Waals surface area contributed by atoms with Gasteiger partial charge >= 0.3 is 5.97 Å². The number of rotatable bonds is 7. The van der Waals surface area contributed by atoms with Crippen LogP contribution in [0.3, 0.4) is 0 Å². The smallest absolute Gasteiger partial charge is 0.321 e. The number of nitrogens with one attached hydrogen (secondary N) is 1.